The maximum Gasteiger partial charge on any atom is 0.267 e. The third kappa shape index (κ3) is 3.76. The number of aromatic nitrogens is 6. The summed E-state index contributed by atoms with van der Waals surface area (Å²) in [6.07, 6.45) is 5.51. The van der Waals surface area contributed by atoms with E-state index in [2.05, 4.69) is 25.9 Å². The fraction of sp³-hybridized carbons (Fsp3) is 0.333. The van der Waals surface area contributed by atoms with Gasteiger partial charge in [-0.2, -0.15) is 5.10 Å². The number of hydrogen-bond donors (Lipinski definition) is 1. The Morgan fingerprint density at radius 1 is 1.19 bits per heavy atom. The fourth-order valence-corrected chi connectivity index (χ4v) is 3.21. The van der Waals surface area contributed by atoms with Crippen molar-refractivity contribution in [1.29, 1.82) is 0 Å². The highest BCUT2D eigenvalue weighted by atomic mass is 16.2. The van der Waals surface area contributed by atoms with Crippen LogP contribution in [-0.2, 0) is 19.4 Å². The van der Waals surface area contributed by atoms with Crippen molar-refractivity contribution in [2.75, 3.05) is 6.54 Å². The Morgan fingerprint density at radius 3 is 2.93 bits per heavy atom. The Morgan fingerprint density at radius 2 is 2.07 bits per heavy atom. The molecule has 1 aliphatic rings. The molecule has 2 aromatic heterocycles. The number of rotatable bonds is 5. The van der Waals surface area contributed by atoms with Gasteiger partial charge < -0.3 is 5.32 Å². The van der Waals surface area contributed by atoms with Gasteiger partial charge in [0.15, 0.2) is 0 Å². The summed E-state index contributed by atoms with van der Waals surface area (Å²) >= 11 is 0. The summed E-state index contributed by atoms with van der Waals surface area (Å²) in [5.41, 5.74) is 3.13. The zero-order valence-corrected chi connectivity index (χ0v) is 14.7. The summed E-state index contributed by atoms with van der Waals surface area (Å²) in [6.45, 7) is 0.657. The van der Waals surface area contributed by atoms with E-state index >= 15 is 0 Å². The monoisotopic (exact) mass is 365 g/mol. The van der Waals surface area contributed by atoms with Gasteiger partial charge in [-0.1, -0.05) is 6.07 Å². The molecule has 0 fully saturated rings. The second-order valence-electron chi connectivity index (χ2n) is 6.45. The highest BCUT2D eigenvalue weighted by Gasteiger charge is 2.13. The van der Waals surface area contributed by atoms with Crippen molar-refractivity contribution in [3.8, 4) is 5.69 Å². The maximum atomic E-state index is 12.4. The average molecular weight is 365 g/mol. The normalized spacial score (nSPS) is 13.2. The Balaban J connectivity index is 1.40. The third-order valence-corrected chi connectivity index (χ3v) is 4.60. The van der Waals surface area contributed by atoms with Crippen LogP contribution in [0, 0.1) is 0 Å². The number of nitrogens with zero attached hydrogens (tertiary/aromatic N) is 6. The van der Waals surface area contributed by atoms with Gasteiger partial charge in [0.2, 0.25) is 0 Å². The van der Waals surface area contributed by atoms with E-state index in [-0.39, 0.29) is 11.5 Å². The fourth-order valence-electron chi connectivity index (χ4n) is 3.21. The summed E-state index contributed by atoms with van der Waals surface area (Å²) in [5.74, 6) is -0.226. The molecule has 0 atom stereocenters. The first-order valence-electron chi connectivity index (χ1n) is 8.92. The van der Waals surface area contributed by atoms with Crippen molar-refractivity contribution >= 4 is 5.91 Å². The number of benzene rings is 1. The second kappa shape index (κ2) is 7.48. The quantitative estimate of drug-likeness (QED) is 0.707. The van der Waals surface area contributed by atoms with E-state index in [1.165, 1.54) is 15.7 Å². The highest BCUT2D eigenvalue weighted by Crippen LogP contribution is 2.16. The molecular weight excluding hydrogens is 346 g/mol. The van der Waals surface area contributed by atoms with Crippen molar-refractivity contribution in [2.24, 2.45) is 0 Å². The van der Waals surface area contributed by atoms with E-state index < -0.39 is 0 Å². The topological polar surface area (TPSA) is 108 Å². The van der Waals surface area contributed by atoms with Crippen molar-refractivity contribution in [3.63, 3.8) is 0 Å². The zero-order chi connectivity index (χ0) is 18.6. The summed E-state index contributed by atoms with van der Waals surface area (Å²) in [5, 5.41) is 18.3. The summed E-state index contributed by atoms with van der Waals surface area (Å²) in [7, 11) is 0. The largest absolute Gasteiger partial charge is 0.350 e. The van der Waals surface area contributed by atoms with Gasteiger partial charge in [-0.05, 0) is 59.9 Å². The Hall–Kier alpha value is -3.36. The van der Waals surface area contributed by atoms with Crippen LogP contribution in [0.5, 0.6) is 0 Å². The third-order valence-electron chi connectivity index (χ3n) is 4.60. The first-order chi connectivity index (χ1) is 13.2. The molecule has 1 N–H and O–H groups in total. The van der Waals surface area contributed by atoms with Crippen molar-refractivity contribution in [2.45, 2.75) is 32.2 Å². The summed E-state index contributed by atoms with van der Waals surface area (Å²) in [4.78, 5) is 24.6. The van der Waals surface area contributed by atoms with Crippen molar-refractivity contribution in [3.05, 3.63) is 63.8 Å². The van der Waals surface area contributed by atoms with Gasteiger partial charge in [0.1, 0.15) is 6.33 Å². The zero-order valence-electron chi connectivity index (χ0n) is 14.7. The molecule has 2 heterocycles. The van der Waals surface area contributed by atoms with Crippen LogP contribution >= 0.6 is 0 Å². The Labute approximate surface area is 155 Å². The molecule has 27 heavy (non-hydrogen) atoms. The number of carbonyl (C=O) groups is 1. The highest BCUT2D eigenvalue weighted by molar-refractivity contribution is 5.94. The molecule has 0 radical (unpaired) electrons. The van der Waals surface area contributed by atoms with Crippen LogP contribution in [0.15, 0.2) is 41.5 Å². The smallest absolute Gasteiger partial charge is 0.267 e. The van der Waals surface area contributed by atoms with E-state index in [1.54, 1.807) is 24.3 Å². The molecular formula is C18H19N7O2. The SMILES string of the molecule is O=C(NCCn1nc2c(cc1=O)CCCC2)c1cccc(-n2cnnn2)c1. The second-order valence-corrected chi connectivity index (χ2v) is 6.45. The van der Waals surface area contributed by atoms with Gasteiger partial charge in [-0.15, -0.1) is 5.10 Å². The van der Waals surface area contributed by atoms with E-state index in [0.717, 1.165) is 36.9 Å². The van der Waals surface area contributed by atoms with E-state index in [4.69, 9.17) is 0 Å². The predicted molar refractivity (Wildman–Crippen MR) is 96.6 cm³/mol. The molecule has 1 aliphatic carbocycles. The molecule has 0 bridgehead atoms. The molecule has 0 saturated heterocycles. The minimum atomic E-state index is -0.226. The van der Waals surface area contributed by atoms with Crippen LogP contribution < -0.4 is 10.9 Å². The summed E-state index contributed by atoms with van der Waals surface area (Å²) in [6, 6.07) is 8.67. The van der Waals surface area contributed by atoms with E-state index in [0.29, 0.717) is 24.3 Å². The van der Waals surface area contributed by atoms with Crippen molar-refractivity contribution < 1.29 is 4.79 Å². The molecule has 0 spiro atoms. The van der Waals surface area contributed by atoms with Crippen LogP contribution in [-0.4, -0.2) is 42.4 Å². The van der Waals surface area contributed by atoms with Crippen LogP contribution in [0.1, 0.15) is 34.5 Å². The average Bonchev–Trinajstić information content (AvgIpc) is 3.23. The number of hydrogen-bond acceptors (Lipinski definition) is 6. The van der Waals surface area contributed by atoms with E-state index in [9.17, 15) is 9.59 Å². The first-order valence-corrected chi connectivity index (χ1v) is 8.92. The molecule has 0 unspecified atom stereocenters. The van der Waals surface area contributed by atoms with Gasteiger partial charge in [-0.3, -0.25) is 9.59 Å². The van der Waals surface area contributed by atoms with Crippen LogP contribution in [0.2, 0.25) is 0 Å². The Bertz CT molecular complexity index is 1010. The maximum absolute atomic E-state index is 12.4. The first kappa shape index (κ1) is 17.1. The molecule has 1 aromatic carbocycles. The van der Waals surface area contributed by atoms with Gasteiger partial charge in [-0.25, -0.2) is 9.36 Å². The molecule has 138 valence electrons. The standard InChI is InChI=1S/C18H19N7O2/c26-17-11-13-4-1-2-7-16(13)21-24(17)9-8-19-18(27)14-5-3-6-15(10-14)25-12-20-22-23-25/h3,5-6,10-12H,1-2,4,7-9H2,(H,19,27). The number of fused-ring (bicyclic) bond motifs is 1. The minimum Gasteiger partial charge on any atom is -0.350 e. The molecule has 4 rings (SSSR count). The predicted octanol–water partition coefficient (Wildman–Crippen LogP) is 0.528. The number of nitrogens with one attached hydrogen (secondary N) is 1. The number of carbonyl (C=O) groups excluding carboxylic acids is 1. The van der Waals surface area contributed by atoms with Gasteiger partial charge in [0, 0.05) is 18.2 Å². The molecule has 9 heteroatoms. The molecule has 9 nitrogen and oxygen atoms in total. The molecule has 3 aromatic rings. The number of amides is 1. The minimum absolute atomic E-state index is 0.120. The lowest BCUT2D eigenvalue weighted by atomic mass is 9.97. The molecule has 1 amide bonds. The van der Waals surface area contributed by atoms with Crippen LogP contribution in [0.25, 0.3) is 5.69 Å². The van der Waals surface area contributed by atoms with E-state index in [1.807, 2.05) is 6.07 Å². The Kier molecular flexibility index (Phi) is 4.73. The van der Waals surface area contributed by atoms with Crippen LogP contribution in [0.4, 0.5) is 0 Å². The molecule has 0 saturated carbocycles. The number of aryl methyl sites for hydroxylation is 2. The van der Waals surface area contributed by atoms with Crippen molar-refractivity contribution in [1.82, 2.24) is 35.3 Å². The van der Waals surface area contributed by atoms with Gasteiger partial charge in [0.05, 0.1) is 17.9 Å². The lowest BCUT2D eigenvalue weighted by Gasteiger charge is -2.16. The van der Waals surface area contributed by atoms with Gasteiger partial charge >= 0.3 is 0 Å². The van der Waals surface area contributed by atoms with Gasteiger partial charge in [0.25, 0.3) is 11.5 Å². The van der Waals surface area contributed by atoms with Crippen LogP contribution in [0.3, 0.4) is 0 Å². The number of tetrazole rings is 1. The lowest BCUT2D eigenvalue weighted by molar-refractivity contribution is 0.0951. The molecule has 0 aliphatic heterocycles. The lowest BCUT2D eigenvalue weighted by Crippen LogP contribution is -2.33. The summed E-state index contributed by atoms with van der Waals surface area (Å²) < 4.78 is 2.91.